The molecule has 0 aliphatic carbocycles. The molecule has 0 saturated carbocycles. The van der Waals surface area contributed by atoms with E-state index in [2.05, 4.69) is 4.90 Å². The Hall–Kier alpha value is -2.01. The van der Waals surface area contributed by atoms with Crippen molar-refractivity contribution in [2.24, 2.45) is 0 Å². The van der Waals surface area contributed by atoms with Crippen LogP contribution in [0, 0.1) is 0 Å². The lowest BCUT2D eigenvalue weighted by Gasteiger charge is -2.11. The van der Waals surface area contributed by atoms with Gasteiger partial charge >= 0.3 is 6.18 Å². The molecule has 0 spiro atoms. The minimum absolute atomic E-state index is 0.185. The molecule has 0 fully saturated rings. The quantitative estimate of drug-likeness (QED) is 0.742. The largest absolute Gasteiger partial charge is 0.457 e. The van der Waals surface area contributed by atoms with Crippen LogP contribution in [0.4, 0.5) is 13.2 Å². The van der Waals surface area contributed by atoms with E-state index < -0.39 is 11.7 Å². The van der Waals surface area contributed by atoms with Crippen LogP contribution in [-0.4, -0.2) is 25.5 Å². The summed E-state index contributed by atoms with van der Waals surface area (Å²) in [5.74, 6) is 0.733. The minimum Gasteiger partial charge on any atom is -0.457 e. The summed E-state index contributed by atoms with van der Waals surface area (Å²) in [6.07, 6.45) is -2.45. The van der Waals surface area contributed by atoms with Gasteiger partial charge in [0.1, 0.15) is 11.5 Å². The fourth-order valence-corrected chi connectivity index (χ4v) is 2.24. The molecular weight excluding hydrogens is 303 g/mol. The van der Waals surface area contributed by atoms with Crippen molar-refractivity contribution in [2.45, 2.75) is 19.0 Å². The van der Waals surface area contributed by atoms with Gasteiger partial charge in [-0.05, 0) is 69.4 Å². The summed E-state index contributed by atoms with van der Waals surface area (Å²) in [5, 5.41) is 0. The van der Waals surface area contributed by atoms with Gasteiger partial charge in [-0.15, -0.1) is 0 Å². The Balaban J connectivity index is 2.06. The molecule has 0 N–H and O–H groups in total. The van der Waals surface area contributed by atoms with Gasteiger partial charge < -0.3 is 9.64 Å². The Bertz CT molecular complexity index is 638. The number of halogens is 3. The summed E-state index contributed by atoms with van der Waals surface area (Å²) in [7, 11) is 4.04. The van der Waals surface area contributed by atoms with E-state index in [1.807, 2.05) is 32.3 Å². The highest BCUT2D eigenvalue weighted by Crippen LogP contribution is 2.32. The van der Waals surface area contributed by atoms with E-state index in [0.29, 0.717) is 5.75 Å². The first-order chi connectivity index (χ1) is 10.8. The Morgan fingerprint density at radius 3 is 2.26 bits per heavy atom. The Morgan fingerprint density at radius 2 is 1.61 bits per heavy atom. The van der Waals surface area contributed by atoms with Crippen molar-refractivity contribution >= 4 is 0 Å². The van der Waals surface area contributed by atoms with Crippen molar-refractivity contribution in [3.8, 4) is 11.5 Å². The molecule has 0 aromatic heterocycles. The Morgan fingerprint density at radius 1 is 0.957 bits per heavy atom. The van der Waals surface area contributed by atoms with Crippen LogP contribution in [0.5, 0.6) is 11.5 Å². The van der Waals surface area contributed by atoms with Crippen molar-refractivity contribution in [3.05, 3.63) is 59.7 Å². The summed E-state index contributed by atoms with van der Waals surface area (Å²) < 4.78 is 43.7. The molecule has 0 saturated heterocycles. The Labute approximate surface area is 134 Å². The van der Waals surface area contributed by atoms with Crippen LogP contribution >= 0.6 is 0 Å². The third-order valence-electron chi connectivity index (χ3n) is 3.37. The molecule has 0 amide bonds. The van der Waals surface area contributed by atoms with E-state index >= 15 is 0 Å². The summed E-state index contributed by atoms with van der Waals surface area (Å²) in [6, 6.07) is 12.4. The average Bonchev–Trinajstić information content (AvgIpc) is 2.47. The highest BCUT2D eigenvalue weighted by molar-refractivity contribution is 5.36. The lowest BCUT2D eigenvalue weighted by atomic mass is 10.1. The first kappa shape index (κ1) is 17.3. The summed E-state index contributed by atoms with van der Waals surface area (Å²) in [6.45, 7) is 0.985. The third kappa shape index (κ3) is 5.60. The van der Waals surface area contributed by atoms with Gasteiger partial charge in [0.2, 0.25) is 0 Å². The van der Waals surface area contributed by atoms with Crippen molar-refractivity contribution in [3.63, 3.8) is 0 Å². The lowest BCUT2D eigenvalue weighted by Crippen LogP contribution is -2.13. The molecule has 0 bridgehead atoms. The fraction of sp³-hybridized carbons (Fsp3) is 0.333. The van der Waals surface area contributed by atoms with Gasteiger partial charge in [0, 0.05) is 0 Å². The molecule has 5 heteroatoms. The van der Waals surface area contributed by atoms with E-state index in [1.54, 1.807) is 6.07 Å². The van der Waals surface area contributed by atoms with E-state index in [0.717, 1.165) is 37.1 Å². The van der Waals surface area contributed by atoms with E-state index in [-0.39, 0.29) is 5.75 Å². The SMILES string of the molecule is CN(C)CCCc1cccc(Oc2cccc(C(F)(F)F)c2)c1. The molecule has 2 aromatic rings. The van der Waals surface area contributed by atoms with Crippen LogP contribution in [0.2, 0.25) is 0 Å². The molecule has 0 radical (unpaired) electrons. The second-order valence-electron chi connectivity index (χ2n) is 5.68. The van der Waals surface area contributed by atoms with E-state index in [9.17, 15) is 13.2 Å². The van der Waals surface area contributed by atoms with Crippen molar-refractivity contribution < 1.29 is 17.9 Å². The van der Waals surface area contributed by atoms with Crippen LogP contribution < -0.4 is 4.74 Å². The first-order valence-electron chi connectivity index (χ1n) is 7.43. The molecule has 0 atom stereocenters. The van der Waals surface area contributed by atoms with Crippen LogP contribution in [0.15, 0.2) is 48.5 Å². The summed E-state index contributed by atoms with van der Waals surface area (Å²) in [5.41, 5.74) is 0.397. The van der Waals surface area contributed by atoms with Crippen LogP contribution in [-0.2, 0) is 12.6 Å². The molecular formula is C18H20F3NO. The highest BCUT2D eigenvalue weighted by atomic mass is 19.4. The van der Waals surface area contributed by atoms with E-state index in [1.165, 1.54) is 12.1 Å². The van der Waals surface area contributed by atoms with Gasteiger partial charge in [-0.25, -0.2) is 0 Å². The molecule has 0 unspecified atom stereocenters. The van der Waals surface area contributed by atoms with Crippen LogP contribution in [0.3, 0.4) is 0 Å². The normalized spacial score (nSPS) is 11.7. The highest BCUT2D eigenvalue weighted by Gasteiger charge is 2.30. The van der Waals surface area contributed by atoms with Crippen molar-refractivity contribution in [2.75, 3.05) is 20.6 Å². The van der Waals surface area contributed by atoms with Crippen molar-refractivity contribution in [1.82, 2.24) is 4.90 Å². The molecule has 124 valence electrons. The zero-order valence-corrected chi connectivity index (χ0v) is 13.2. The minimum atomic E-state index is -4.37. The number of rotatable bonds is 6. The maximum absolute atomic E-state index is 12.7. The van der Waals surface area contributed by atoms with Gasteiger partial charge in [0.05, 0.1) is 5.56 Å². The average molecular weight is 323 g/mol. The second-order valence-corrected chi connectivity index (χ2v) is 5.68. The number of benzene rings is 2. The first-order valence-corrected chi connectivity index (χ1v) is 7.43. The standard InChI is InChI=1S/C18H20F3NO/c1-22(2)11-5-7-14-6-3-9-16(12-14)23-17-10-4-8-15(13-17)18(19,20)21/h3-4,6,8-10,12-13H,5,7,11H2,1-2H3. The number of nitrogens with zero attached hydrogens (tertiary/aromatic N) is 1. The molecule has 2 nitrogen and oxygen atoms in total. The summed E-state index contributed by atoms with van der Waals surface area (Å²) >= 11 is 0. The Kier molecular flexibility index (Phi) is 5.66. The summed E-state index contributed by atoms with van der Waals surface area (Å²) in [4.78, 5) is 2.11. The van der Waals surface area contributed by atoms with Gasteiger partial charge in [-0.2, -0.15) is 13.2 Å². The lowest BCUT2D eigenvalue weighted by molar-refractivity contribution is -0.137. The number of aryl methyl sites for hydroxylation is 1. The maximum atomic E-state index is 12.7. The van der Waals surface area contributed by atoms with Gasteiger partial charge in [-0.3, -0.25) is 0 Å². The molecule has 23 heavy (non-hydrogen) atoms. The fourth-order valence-electron chi connectivity index (χ4n) is 2.24. The topological polar surface area (TPSA) is 12.5 Å². The molecule has 0 heterocycles. The zero-order valence-electron chi connectivity index (χ0n) is 13.2. The van der Waals surface area contributed by atoms with Crippen molar-refractivity contribution in [1.29, 1.82) is 0 Å². The molecule has 2 aromatic carbocycles. The number of ether oxygens (including phenoxy) is 1. The predicted octanol–water partition coefficient (Wildman–Crippen LogP) is 4.99. The third-order valence-corrected chi connectivity index (χ3v) is 3.37. The van der Waals surface area contributed by atoms with Gasteiger partial charge in [-0.1, -0.05) is 18.2 Å². The molecule has 2 rings (SSSR count). The monoisotopic (exact) mass is 323 g/mol. The number of alkyl halides is 3. The number of hydrogen-bond donors (Lipinski definition) is 0. The van der Waals surface area contributed by atoms with Crippen LogP contribution in [0.1, 0.15) is 17.5 Å². The van der Waals surface area contributed by atoms with E-state index in [4.69, 9.17) is 4.74 Å². The smallest absolute Gasteiger partial charge is 0.416 e. The predicted molar refractivity (Wildman–Crippen MR) is 84.8 cm³/mol. The molecule has 0 aliphatic heterocycles. The number of hydrogen-bond acceptors (Lipinski definition) is 2. The van der Waals surface area contributed by atoms with Gasteiger partial charge in [0.15, 0.2) is 0 Å². The second kappa shape index (κ2) is 7.51. The molecule has 0 aliphatic rings. The van der Waals surface area contributed by atoms with Crippen LogP contribution in [0.25, 0.3) is 0 Å². The zero-order chi connectivity index (χ0) is 16.9. The maximum Gasteiger partial charge on any atom is 0.416 e. The van der Waals surface area contributed by atoms with Gasteiger partial charge in [0.25, 0.3) is 0 Å².